The minimum atomic E-state index is -3.74. The monoisotopic (exact) mass is 449 g/mol. The number of sulfonamides is 1. The quantitative estimate of drug-likeness (QED) is 0.741. The molecule has 8 nitrogen and oxygen atoms in total. The number of hydrogen-bond donors (Lipinski definition) is 1. The van der Waals surface area contributed by atoms with Gasteiger partial charge in [-0.2, -0.15) is 5.10 Å². The topological polar surface area (TPSA) is 87.5 Å². The summed E-state index contributed by atoms with van der Waals surface area (Å²) in [6.07, 6.45) is 3.64. The van der Waals surface area contributed by atoms with Gasteiger partial charge < -0.3 is 9.80 Å². The first-order valence-corrected chi connectivity index (χ1v) is 11.9. The second-order valence-electron chi connectivity index (χ2n) is 8.53. The average molecular weight is 450 g/mol. The first-order chi connectivity index (χ1) is 14.7. The number of rotatable bonds is 5. The highest BCUT2D eigenvalue weighted by Crippen LogP contribution is 2.41. The Balaban J connectivity index is 1.55. The van der Waals surface area contributed by atoms with E-state index < -0.39 is 10.0 Å². The van der Waals surface area contributed by atoms with Gasteiger partial charge in [-0.3, -0.25) is 9.48 Å². The number of halogens is 1. The summed E-state index contributed by atoms with van der Waals surface area (Å²) in [5, 5.41) is 3.94. The van der Waals surface area contributed by atoms with Gasteiger partial charge in [-0.1, -0.05) is 12.1 Å². The summed E-state index contributed by atoms with van der Waals surface area (Å²) in [6.45, 7) is 2.95. The van der Waals surface area contributed by atoms with Gasteiger partial charge in [0, 0.05) is 51.4 Å². The van der Waals surface area contributed by atoms with Crippen molar-refractivity contribution in [2.24, 2.45) is 13.0 Å². The number of piperazine rings is 1. The summed E-state index contributed by atoms with van der Waals surface area (Å²) in [5.41, 5.74) is 0.858. The van der Waals surface area contributed by atoms with Crippen molar-refractivity contribution in [3.05, 3.63) is 48.0 Å². The first kappa shape index (κ1) is 21.9. The van der Waals surface area contributed by atoms with Gasteiger partial charge in [0.25, 0.3) is 0 Å². The highest BCUT2D eigenvalue weighted by atomic mass is 32.2. The summed E-state index contributed by atoms with van der Waals surface area (Å²) in [5.74, 6) is -0.812. The molecule has 10 heteroatoms. The molecule has 1 amide bonds. The molecule has 2 aromatic rings. The highest BCUT2D eigenvalue weighted by molar-refractivity contribution is 7.89. The zero-order valence-electron chi connectivity index (χ0n) is 17.7. The van der Waals surface area contributed by atoms with Crippen molar-refractivity contribution in [1.82, 2.24) is 24.3 Å². The molecule has 1 aromatic carbocycles. The van der Waals surface area contributed by atoms with Crippen LogP contribution in [0.5, 0.6) is 0 Å². The highest BCUT2D eigenvalue weighted by Gasteiger charge is 2.43. The molecule has 1 aliphatic carbocycles. The maximum absolute atomic E-state index is 13.5. The van der Waals surface area contributed by atoms with Gasteiger partial charge in [0.15, 0.2) is 0 Å². The average Bonchev–Trinajstić information content (AvgIpc) is 3.35. The van der Waals surface area contributed by atoms with Crippen molar-refractivity contribution in [3.63, 3.8) is 0 Å². The molecule has 2 heterocycles. The second-order valence-corrected chi connectivity index (χ2v) is 10.2. The van der Waals surface area contributed by atoms with Crippen molar-refractivity contribution in [2.45, 2.75) is 29.7 Å². The standard InChI is InChI=1S/C21H28FN5O3S/c1-25-7-9-27(10-8-25)21(28)20-12-17(11-19(20)15-3-5-16(22)6-4-15)24-31(29,30)18-13-23-26(2)14-18/h3-6,13-14,17,19-20,24H,7-12H2,1-2H3/t17-,19+,20-/m0/s1. The number of aromatic nitrogens is 2. The third kappa shape index (κ3) is 4.81. The Morgan fingerprint density at radius 3 is 2.39 bits per heavy atom. The third-order valence-corrected chi connectivity index (χ3v) is 7.78. The van der Waals surface area contributed by atoms with Gasteiger partial charge >= 0.3 is 0 Å². The Morgan fingerprint density at radius 2 is 1.77 bits per heavy atom. The number of benzene rings is 1. The number of likely N-dealkylation sites (N-methyl/N-ethyl adjacent to an activating group) is 1. The van der Waals surface area contributed by atoms with E-state index in [-0.39, 0.29) is 34.5 Å². The molecule has 0 bridgehead atoms. The molecule has 31 heavy (non-hydrogen) atoms. The van der Waals surface area contributed by atoms with Gasteiger partial charge in [-0.15, -0.1) is 0 Å². The van der Waals surface area contributed by atoms with Gasteiger partial charge in [0.2, 0.25) is 15.9 Å². The van der Waals surface area contributed by atoms with Crippen LogP contribution >= 0.6 is 0 Å². The predicted molar refractivity (Wildman–Crippen MR) is 113 cm³/mol. The van der Waals surface area contributed by atoms with E-state index in [1.807, 2.05) is 11.9 Å². The second kappa shape index (κ2) is 8.68. The van der Waals surface area contributed by atoms with Crippen LogP contribution in [0, 0.1) is 11.7 Å². The fourth-order valence-electron chi connectivity index (χ4n) is 4.57. The lowest BCUT2D eigenvalue weighted by Crippen LogP contribution is -2.49. The lowest BCUT2D eigenvalue weighted by Gasteiger charge is -2.35. The Morgan fingerprint density at radius 1 is 1.10 bits per heavy atom. The number of nitrogens with one attached hydrogen (secondary N) is 1. The van der Waals surface area contributed by atoms with Gasteiger partial charge in [-0.25, -0.2) is 17.5 Å². The predicted octanol–water partition coefficient (Wildman–Crippen LogP) is 1.17. The van der Waals surface area contributed by atoms with Crippen molar-refractivity contribution in [2.75, 3.05) is 33.2 Å². The number of nitrogens with zero attached hydrogens (tertiary/aromatic N) is 4. The number of amides is 1. The Kier molecular flexibility index (Phi) is 6.14. The fraction of sp³-hybridized carbons (Fsp3) is 0.524. The van der Waals surface area contributed by atoms with E-state index in [1.165, 1.54) is 29.2 Å². The molecule has 1 aliphatic heterocycles. The van der Waals surface area contributed by atoms with Crippen LogP contribution in [0.15, 0.2) is 41.6 Å². The van der Waals surface area contributed by atoms with E-state index in [0.717, 1.165) is 18.7 Å². The first-order valence-electron chi connectivity index (χ1n) is 10.5. The number of carbonyl (C=O) groups excluding carboxylic acids is 1. The van der Waals surface area contributed by atoms with Crippen LogP contribution in [0.3, 0.4) is 0 Å². The van der Waals surface area contributed by atoms with E-state index in [2.05, 4.69) is 14.7 Å². The summed E-state index contributed by atoms with van der Waals surface area (Å²) < 4.78 is 43.2. The van der Waals surface area contributed by atoms with Gasteiger partial charge in [-0.05, 0) is 43.5 Å². The molecule has 0 unspecified atom stereocenters. The lowest BCUT2D eigenvalue weighted by molar-refractivity contribution is -0.137. The summed E-state index contributed by atoms with van der Waals surface area (Å²) in [6, 6.07) is 5.78. The minimum absolute atomic E-state index is 0.0468. The van der Waals surface area contributed by atoms with E-state index in [0.29, 0.717) is 25.9 Å². The van der Waals surface area contributed by atoms with Crippen LogP contribution in [0.2, 0.25) is 0 Å². The third-order valence-electron chi connectivity index (χ3n) is 6.31. The molecule has 2 aliphatic rings. The smallest absolute Gasteiger partial charge is 0.243 e. The maximum atomic E-state index is 13.5. The maximum Gasteiger partial charge on any atom is 0.243 e. The SMILES string of the molecule is CN1CCN(C(=O)[C@H]2C[C@@H](NS(=O)(=O)c3cnn(C)c3)C[C@@H]2c2ccc(F)cc2)CC1. The van der Waals surface area contributed by atoms with E-state index >= 15 is 0 Å². The van der Waals surface area contributed by atoms with Gasteiger partial charge in [0.05, 0.1) is 6.20 Å². The van der Waals surface area contributed by atoms with Crippen LogP contribution in [0.25, 0.3) is 0 Å². The van der Waals surface area contributed by atoms with Gasteiger partial charge in [0.1, 0.15) is 10.7 Å². The zero-order valence-corrected chi connectivity index (χ0v) is 18.6. The molecule has 168 valence electrons. The number of aryl methyl sites for hydroxylation is 1. The number of carbonyl (C=O) groups is 1. The fourth-order valence-corrected chi connectivity index (χ4v) is 5.82. The Hall–Kier alpha value is -2.30. The van der Waals surface area contributed by atoms with Crippen molar-refractivity contribution >= 4 is 15.9 Å². The van der Waals surface area contributed by atoms with E-state index in [9.17, 15) is 17.6 Å². The molecular formula is C21H28FN5O3S. The molecule has 1 saturated heterocycles. The van der Waals surface area contributed by atoms with Crippen LogP contribution < -0.4 is 4.72 Å². The Labute approximate surface area is 182 Å². The van der Waals surface area contributed by atoms with Crippen molar-refractivity contribution in [3.8, 4) is 0 Å². The summed E-state index contributed by atoms with van der Waals surface area (Å²) >= 11 is 0. The van der Waals surface area contributed by atoms with Crippen molar-refractivity contribution in [1.29, 1.82) is 0 Å². The van der Waals surface area contributed by atoms with Crippen LogP contribution in [-0.2, 0) is 21.9 Å². The van der Waals surface area contributed by atoms with Crippen LogP contribution in [0.4, 0.5) is 4.39 Å². The summed E-state index contributed by atoms with van der Waals surface area (Å²) in [7, 11) is -0.0550. The molecule has 4 rings (SSSR count). The molecule has 3 atom stereocenters. The number of hydrogen-bond acceptors (Lipinski definition) is 5. The molecule has 0 radical (unpaired) electrons. The molecular weight excluding hydrogens is 421 g/mol. The summed E-state index contributed by atoms with van der Waals surface area (Å²) in [4.78, 5) is 17.5. The molecule has 1 N–H and O–H groups in total. The Bertz CT molecular complexity index is 1030. The molecule has 1 saturated carbocycles. The molecule has 0 spiro atoms. The van der Waals surface area contributed by atoms with E-state index in [4.69, 9.17) is 0 Å². The van der Waals surface area contributed by atoms with E-state index in [1.54, 1.807) is 19.2 Å². The lowest BCUT2D eigenvalue weighted by atomic mass is 9.88. The van der Waals surface area contributed by atoms with Crippen molar-refractivity contribution < 1.29 is 17.6 Å². The largest absolute Gasteiger partial charge is 0.340 e. The van der Waals surface area contributed by atoms with Crippen LogP contribution in [0.1, 0.15) is 24.3 Å². The van der Waals surface area contributed by atoms with Crippen LogP contribution in [-0.4, -0.2) is 73.2 Å². The molecule has 2 fully saturated rings. The zero-order chi connectivity index (χ0) is 22.2. The molecule has 1 aromatic heterocycles. The normalized spacial score (nSPS) is 25.1. The minimum Gasteiger partial charge on any atom is -0.340 e.